The lowest BCUT2D eigenvalue weighted by Gasteiger charge is -2.28. The Morgan fingerprint density at radius 1 is 1.00 bits per heavy atom. The van der Waals surface area contributed by atoms with Gasteiger partial charge in [0.2, 0.25) is 35.4 Å². The number of likely N-dealkylation sites (tertiary alicyclic amines) is 1. The highest BCUT2D eigenvalue weighted by Crippen LogP contribution is 2.23. The summed E-state index contributed by atoms with van der Waals surface area (Å²) in [5.41, 5.74) is 6.71. The number of hydrogen-bond donors (Lipinski definition) is 6. The van der Waals surface area contributed by atoms with Crippen LogP contribution in [0.1, 0.15) is 25.3 Å². The molecule has 2 heterocycles. The number of aromatic nitrogens is 1. The number of nitrogens with one attached hydrogen (secondary N) is 5. The molecule has 1 aliphatic heterocycles. The zero-order chi connectivity index (χ0) is 26.9. The van der Waals surface area contributed by atoms with Crippen molar-refractivity contribution in [1.29, 1.82) is 0 Å². The first-order chi connectivity index (χ1) is 17.7. The SMILES string of the molecule is CC(NC(=O)C(Cc1c[nH]c2ccccc12)N1CCCC1=O)C(=O)NCC(=O)NCC(=O)NCC(N)=O. The van der Waals surface area contributed by atoms with Crippen LogP contribution in [0.2, 0.25) is 0 Å². The summed E-state index contributed by atoms with van der Waals surface area (Å²) < 4.78 is 0. The van der Waals surface area contributed by atoms with Crippen LogP contribution < -0.4 is 27.0 Å². The molecule has 0 radical (unpaired) electrons. The van der Waals surface area contributed by atoms with Crippen LogP contribution in [-0.4, -0.2) is 83.6 Å². The van der Waals surface area contributed by atoms with E-state index in [2.05, 4.69) is 26.3 Å². The fourth-order valence-corrected chi connectivity index (χ4v) is 4.04. The van der Waals surface area contributed by atoms with E-state index in [9.17, 15) is 28.8 Å². The van der Waals surface area contributed by atoms with Crippen LogP contribution in [-0.2, 0) is 35.2 Å². The number of benzene rings is 1. The molecule has 1 aliphatic rings. The Kier molecular flexibility index (Phi) is 9.19. The largest absolute Gasteiger partial charge is 0.368 e. The highest BCUT2D eigenvalue weighted by atomic mass is 16.2. The monoisotopic (exact) mass is 513 g/mol. The van der Waals surface area contributed by atoms with Gasteiger partial charge in [-0.2, -0.15) is 0 Å². The van der Waals surface area contributed by atoms with Gasteiger partial charge >= 0.3 is 0 Å². The van der Waals surface area contributed by atoms with Crippen LogP contribution in [0.3, 0.4) is 0 Å². The van der Waals surface area contributed by atoms with Crippen molar-refractivity contribution in [2.45, 2.75) is 38.3 Å². The zero-order valence-corrected chi connectivity index (χ0v) is 20.5. The van der Waals surface area contributed by atoms with Gasteiger partial charge in [0.1, 0.15) is 12.1 Å². The average molecular weight is 514 g/mol. The third-order valence-electron chi connectivity index (χ3n) is 5.96. The smallest absolute Gasteiger partial charge is 0.243 e. The molecule has 2 atom stereocenters. The van der Waals surface area contributed by atoms with Crippen molar-refractivity contribution in [2.24, 2.45) is 5.73 Å². The van der Waals surface area contributed by atoms with Gasteiger partial charge in [0, 0.05) is 36.5 Å². The van der Waals surface area contributed by atoms with E-state index in [0.29, 0.717) is 19.4 Å². The van der Waals surface area contributed by atoms with Gasteiger partial charge in [-0.15, -0.1) is 0 Å². The molecule has 13 heteroatoms. The standard InChI is InChI=1S/C24H31N7O6/c1-14(23(36)29-13-21(34)28-12-20(33)27-11-19(25)32)30-24(37)18(31-8-4-7-22(31)35)9-15-10-26-17-6-3-2-5-16(15)17/h2-3,5-6,10,14,18,26H,4,7-9,11-13H2,1H3,(H2,25,32)(H,27,33)(H,28,34)(H,29,36)(H,30,37). The van der Waals surface area contributed by atoms with Crippen LogP contribution in [0.15, 0.2) is 30.5 Å². The molecule has 0 spiro atoms. The number of nitrogens with zero attached hydrogens (tertiary/aromatic N) is 1. The third-order valence-corrected chi connectivity index (χ3v) is 5.96. The van der Waals surface area contributed by atoms with Gasteiger partial charge in [0.05, 0.1) is 19.6 Å². The number of para-hydroxylation sites is 1. The molecule has 37 heavy (non-hydrogen) atoms. The van der Waals surface area contributed by atoms with Crippen molar-refractivity contribution in [3.8, 4) is 0 Å². The Balaban J connectivity index is 1.54. The van der Waals surface area contributed by atoms with E-state index < -0.39 is 54.7 Å². The van der Waals surface area contributed by atoms with E-state index in [-0.39, 0.29) is 18.9 Å². The minimum absolute atomic E-state index is 0.117. The van der Waals surface area contributed by atoms with Crippen molar-refractivity contribution < 1.29 is 28.8 Å². The number of amides is 6. The fourth-order valence-electron chi connectivity index (χ4n) is 4.04. The summed E-state index contributed by atoms with van der Waals surface area (Å²) >= 11 is 0. The lowest BCUT2D eigenvalue weighted by atomic mass is 10.0. The molecule has 1 saturated heterocycles. The lowest BCUT2D eigenvalue weighted by Crippen LogP contribution is -2.54. The summed E-state index contributed by atoms with van der Waals surface area (Å²) in [6.07, 6.45) is 3.11. The van der Waals surface area contributed by atoms with E-state index in [1.807, 2.05) is 30.5 Å². The number of carbonyl (C=O) groups is 6. The number of fused-ring (bicyclic) bond motifs is 1. The van der Waals surface area contributed by atoms with E-state index in [1.54, 1.807) is 4.90 Å². The number of nitrogens with two attached hydrogens (primary N) is 1. The molecule has 198 valence electrons. The van der Waals surface area contributed by atoms with Crippen molar-refractivity contribution in [2.75, 3.05) is 26.2 Å². The minimum Gasteiger partial charge on any atom is -0.368 e. The maximum absolute atomic E-state index is 13.2. The van der Waals surface area contributed by atoms with Gasteiger partial charge in [0.25, 0.3) is 0 Å². The summed E-state index contributed by atoms with van der Waals surface area (Å²) in [6.45, 7) is 0.746. The van der Waals surface area contributed by atoms with Crippen molar-refractivity contribution >= 4 is 46.3 Å². The normalized spacial score (nSPS) is 14.6. The molecular weight excluding hydrogens is 482 g/mol. The second-order valence-electron chi connectivity index (χ2n) is 8.74. The molecule has 0 bridgehead atoms. The van der Waals surface area contributed by atoms with Gasteiger partial charge in [-0.25, -0.2) is 0 Å². The molecule has 7 N–H and O–H groups in total. The average Bonchev–Trinajstić information content (AvgIpc) is 3.48. The predicted octanol–water partition coefficient (Wildman–Crippen LogP) is -1.96. The van der Waals surface area contributed by atoms with Gasteiger partial charge in [0.15, 0.2) is 0 Å². The summed E-state index contributed by atoms with van der Waals surface area (Å²) in [7, 11) is 0. The Labute approximate surface area is 212 Å². The van der Waals surface area contributed by atoms with Crippen LogP contribution >= 0.6 is 0 Å². The Morgan fingerprint density at radius 3 is 2.35 bits per heavy atom. The van der Waals surface area contributed by atoms with E-state index in [0.717, 1.165) is 16.5 Å². The molecule has 13 nitrogen and oxygen atoms in total. The zero-order valence-electron chi connectivity index (χ0n) is 20.5. The van der Waals surface area contributed by atoms with Crippen molar-refractivity contribution in [1.82, 2.24) is 31.2 Å². The van der Waals surface area contributed by atoms with Crippen LogP contribution in [0.25, 0.3) is 10.9 Å². The van der Waals surface area contributed by atoms with Gasteiger partial charge < -0.3 is 36.9 Å². The quantitative estimate of drug-likeness (QED) is 0.191. The highest BCUT2D eigenvalue weighted by molar-refractivity contribution is 5.95. The molecule has 1 fully saturated rings. The first-order valence-electron chi connectivity index (χ1n) is 11.9. The first kappa shape index (κ1) is 27.2. The van der Waals surface area contributed by atoms with E-state index in [4.69, 9.17) is 5.73 Å². The Bertz CT molecular complexity index is 1190. The highest BCUT2D eigenvalue weighted by Gasteiger charge is 2.34. The van der Waals surface area contributed by atoms with Crippen molar-refractivity contribution in [3.05, 3.63) is 36.0 Å². The summed E-state index contributed by atoms with van der Waals surface area (Å²) in [6, 6.07) is 5.87. The van der Waals surface area contributed by atoms with E-state index in [1.165, 1.54) is 6.92 Å². The summed E-state index contributed by atoms with van der Waals surface area (Å²) in [4.78, 5) is 76.9. The number of rotatable bonds is 12. The lowest BCUT2D eigenvalue weighted by molar-refractivity contribution is -0.138. The van der Waals surface area contributed by atoms with Crippen LogP contribution in [0.5, 0.6) is 0 Å². The fraction of sp³-hybridized carbons (Fsp3) is 0.417. The summed E-state index contributed by atoms with van der Waals surface area (Å²) in [5, 5.41) is 10.5. The second-order valence-corrected chi connectivity index (χ2v) is 8.74. The molecule has 2 unspecified atom stereocenters. The molecule has 0 aliphatic carbocycles. The number of aromatic amines is 1. The second kappa shape index (κ2) is 12.5. The Morgan fingerprint density at radius 2 is 1.68 bits per heavy atom. The third kappa shape index (κ3) is 7.53. The van der Waals surface area contributed by atoms with Crippen LogP contribution in [0.4, 0.5) is 0 Å². The van der Waals surface area contributed by atoms with E-state index >= 15 is 0 Å². The molecule has 2 aromatic rings. The topological polar surface area (TPSA) is 196 Å². The molecule has 1 aromatic heterocycles. The van der Waals surface area contributed by atoms with Gasteiger partial charge in [-0.1, -0.05) is 18.2 Å². The van der Waals surface area contributed by atoms with Gasteiger partial charge in [-0.05, 0) is 25.0 Å². The molecule has 0 saturated carbocycles. The minimum atomic E-state index is -0.984. The Hall–Kier alpha value is -4.42. The maximum Gasteiger partial charge on any atom is 0.243 e. The summed E-state index contributed by atoms with van der Waals surface area (Å²) in [5.74, 6) is -3.17. The molecule has 6 amide bonds. The number of carbonyl (C=O) groups excluding carboxylic acids is 6. The van der Waals surface area contributed by atoms with Crippen LogP contribution in [0, 0.1) is 0 Å². The van der Waals surface area contributed by atoms with Gasteiger partial charge in [-0.3, -0.25) is 28.8 Å². The first-order valence-corrected chi connectivity index (χ1v) is 11.9. The maximum atomic E-state index is 13.2. The molecule has 3 rings (SSSR count). The predicted molar refractivity (Wildman–Crippen MR) is 133 cm³/mol. The number of primary amides is 1. The van der Waals surface area contributed by atoms with Crippen molar-refractivity contribution in [3.63, 3.8) is 0 Å². The number of hydrogen-bond acceptors (Lipinski definition) is 6. The number of H-pyrrole nitrogens is 1. The molecular formula is C24H31N7O6. The molecule has 1 aromatic carbocycles.